The van der Waals surface area contributed by atoms with E-state index in [0.717, 1.165) is 72.3 Å². The van der Waals surface area contributed by atoms with Gasteiger partial charge in [0.1, 0.15) is 11.2 Å². The average Bonchev–Trinajstić information content (AvgIpc) is 4.14. The third kappa shape index (κ3) is 6.33. The number of furan rings is 1. The Kier molecular flexibility index (Phi) is 9.48. The summed E-state index contributed by atoms with van der Waals surface area (Å²) in [6.07, 6.45) is 0. The van der Waals surface area contributed by atoms with Gasteiger partial charge in [-0.2, -0.15) is 0 Å². The van der Waals surface area contributed by atoms with Crippen molar-refractivity contribution < 1.29 is 4.42 Å². The zero-order chi connectivity index (χ0) is 48.7. The maximum Gasteiger partial charge on any atom is 0.143 e. The Hall–Kier alpha value is -9.70. The van der Waals surface area contributed by atoms with Crippen LogP contribution in [-0.4, -0.2) is 4.57 Å². The molecule has 0 N–H and O–H groups in total. The van der Waals surface area contributed by atoms with E-state index in [4.69, 9.17) is 4.42 Å². The maximum absolute atomic E-state index is 6.64. The molecule has 14 aromatic rings. The van der Waals surface area contributed by atoms with Gasteiger partial charge in [-0.25, -0.2) is 0 Å². The minimum Gasteiger partial charge on any atom is -0.455 e. The van der Waals surface area contributed by atoms with E-state index >= 15 is 0 Å². The van der Waals surface area contributed by atoms with Gasteiger partial charge >= 0.3 is 0 Å². The van der Waals surface area contributed by atoms with Crippen molar-refractivity contribution in [1.82, 2.24) is 4.57 Å². The standard InChI is InChI=1S/C71H46N2O/c1-3-19-51(20-4-1)71(52-21-5-2-6-22-52)64-29-12-9-25-59(64)60-44-42-56(46-65(60)71)72(54-40-35-49(36-41-54)57-28-16-32-68-69(57)63-43-37-48-17-7-8-24-58(48)70(63)74-68)53-38-33-47(34-39-53)50-18-15-23-55(45-50)73-66-30-13-10-26-61(66)62-27-11-14-31-67(62)73/h1-46H. The van der Waals surface area contributed by atoms with Crippen molar-refractivity contribution in [2.24, 2.45) is 0 Å². The Bertz CT molecular complexity index is 4380. The van der Waals surface area contributed by atoms with Gasteiger partial charge in [0.25, 0.3) is 0 Å². The summed E-state index contributed by atoms with van der Waals surface area (Å²) in [7, 11) is 0. The number of hydrogen-bond acceptors (Lipinski definition) is 2. The Morgan fingerprint density at radius 1 is 0.338 bits per heavy atom. The highest BCUT2D eigenvalue weighted by Gasteiger charge is 2.46. The van der Waals surface area contributed by atoms with Crippen molar-refractivity contribution >= 4 is 71.6 Å². The summed E-state index contributed by atoms with van der Waals surface area (Å²) < 4.78 is 9.03. The molecule has 1 aliphatic rings. The largest absolute Gasteiger partial charge is 0.455 e. The number of rotatable bonds is 8. The first-order valence-corrected chi connectivity index (χ1v) is 25.5. The number of anilines is 3. The van der Waals surface area contributed by atoms with Gasteiger partial charge in [-0.3, -0.25) is 0 Å². The van der Waals surface area contributed by atoms with Crippen molar-refractivity contribution in [3.8, 4) is 39.1 Å². The van der Waals surface area contributed by atoms with Gasteiger partial charge < -0.3 is 13.9 Å². The second-order valence-electron chi connectivity index (χ2n) is 19.6. The summed E-state index contributed by atoms with van der Waals surface area (Å²) in [6, 6.07) is 102. The lowest BCUT2D eigenvalue weighted by molar-refractivity contribution is 0.673. The molecule has 2 heterocycles. The molecule has 0 fully saturated rings. The molecular weight excluding hydrogens is 897 g/mol. The highest BCUT2D eigenvalue weighted by Crippen LogP contribution is 2.57. The van der Waals surface area contributed by atoms with Crippen LogP contribution >= 0.6 is 0 Å². The van der Waals surface area contributed by atoms with Gasteiger partial charge in [-0.15, -0.1) is 0 Å². The molecule has 0 bridgehead atoms. The van der Waals surface area contributed by atoms with Gasteiger partial charge in [0, 0.05) is 49.7 Å². The zero-order valence-corrected chi connectivity index (χ0v) is 40.4. The molecule has 0 spiro atoms. The predicted molar refractivity (Wildman–Crippen MR) is 308 cm³/mol. The molecule has 3 nitrogen and oxygen atoms in total. The van der Waals surface area contributed by atoms with E-state index in [9.17, 15) is 0 Å². The second-order valence-corrected chi connectivity index (χ2v) is 19.6. The summed E-state index contributed by atoms with van der Waals surface area (Å²) in [5.74, 6) is 0. The lowest BCUT2D eigenvalue weighted by atomic mass is 9.67. The van der Waals surface area contributed by atoms with Crippen molar-refractivity contribution in [3.05, 3.63) is 301 Å². The van der Waals surface area contributed by atoms with Gasteiger partial charge in [0.15, 0.2) is 0 Å². The number of aromatic nitrogens is 1. The molecule has 0 saturated heterocycles. The highest BCUT2D eigenvalue weighted by atomic mass is 16.3. The van der Waals surface area contributed by atoms with E-state index in [0.29, 0.717) is 0 Å². The van der Waals surface area contributed by atoms with Crippen molar-refractivity contribution in [1.29, 1.82) is 0 Å². The summed E-state index contributed by atoms with van der Waals surface area (Å²) in [6.45, 7) is 0. The number of hydrogen-bond donors (Lipinski definition) is 0. The van der Waals surface area contributed by atoms with Crippen LogP contribution in [0, 0.1) is 0 Å². The Labute approximate surface area is 429 Å². The van der Waals surface area contributed by atoms with Gasteiger partial charge in [0.2, 0.25) is 0 Å². The van der Waals surface area contributed by atoms with Crippen molar-refractivity contribution in [2.45, 2.75) is 5.41 Å². The van der Waals surface area contributed by atoms with Gasteiger partial charge in [-0.1, -0.05) is 206 Å². The normalized spacial score (nSPS) is 12.7. The van der Waals surface area contributed by atoms with Crippen molar-refractivity contribution in [2.75, 3.05) is 4.90 Å². The van der Waals surface area contributed by atoms with E-state index in [2.05, 4.69) is 289 Å². The monoisotopic (exact) mass is 942 g/mol. The molecule has 0 saturated carbocycles. The summed E-state index contributed by atoms with van der Waals surface area (Å²) >= 11 is 0. The molecule has 0 atom stereocenters. The molecule has 1 aliphatic carbocycles. The van der Waals surface area contributed by atoms with Crippen molar-refractivity contribution in [3.63, 3.8) is 0 Å². The van der Waals surface area contributed by atoms with Gasteiger partial charge in [0.05, 0.1) is 16.4 Å². The number of benzene rings is 12. The molecule has 0 unspecified atom stereocenters. The topological polar surface area (TPSA) is 21.3 Å². The van der Waals surface area contributed by atoms with Crippen LogP contribution in [-0.2, 0) is 5.41 Å². The van der Waals surface area contributed by atoms with E-state index < -0.39 is 5.41 Å². The molecule has 15 rings (SSSR count). The summed E-state index contributed by atoms with van der Waals surface area (Å²) in [5.41, 5.74) is 20.2. The maximum atomic E-state index is 6.64. The van der Waals surface area contributed by atoms with Crippen LogP contribution in [0.2, 0.25) is 0 Å². The fourth-order valence-electron chi connectivity index (χ4n) is 12.4. The minimum absolute atomic E-state index is 0.539. The van der Waals surface area contributed by atoms with E-state index in [1.54, 1.807) is 0 Å². The smallest absolute Gasteiger partial charge is 0.143 e. The number of fused-ring (bicyclic) bond motifs is 11. The molecule has 2 aromatic heterocycles. The molecule has 12 aromatic carbocycles. The van der Waals surface area contributed by atoms with Gasteiger partial charge in [-0.05, 0) is 134 Å². The molecule has 0 amide bonds. The molecule has 346 valence electrons. The minimum atomic E-state index is -0.539. The molecule has 74 heavy (non-hydrogen) atoms. The molecule has 3 heteroatoms. The lowest BCUT2D eigenvalue weighted by Crippen LogP contribution is -2.28. The first-order valence-electron chi connectivity index (χ1n) is 25.5. The van der Waals surface area contributed by atoms with Crippen LogP contribution in [0.15, 0.2) is 283 Å². The quantitative estimate of drug-likeness (QED) is 0.151. The summed E-state index contributed by atoms with van der Waals surface area (Å²) in [5, 5.41) is 7.07. The van der Waals surface area contributed by atoms with Crippen LogP contribution in [0.3, 0.4) is 0 Å². The third-order valence-corrected chi connectivity index (χ3v) is 15.7. The number of para-hydroxylation sites is 2. The predicted octanol–water partition coefficient (Wildman–Crippen LogP) is 19.0. The van der Waals surface area contributed by atoms with E-state index in [1.165, 1.54) is 60.6 Å². The fraction of sp³-hybridized carbons (Fsp3) is 0.0141. The first kappa shape index (κ1) is 42.0. The third-order valence-electron chi connectivity index (χ3n) is 15.7. The Balaban J connectivity index is 0.889. The average molecular weight is 943 g/mol. The highest BCUT2D eigenvalue weighted by molar-refractivity contribution is 6.19. The SMILES string of the molecule is c1ccc(C2(c3ccccc3)c3ccccc3-c3ccc(N(c4ccc(-c5cccc(-n6c7ccccc7c7ccccc76)c5)cc4)c4ccc(-c5cccc6oc7c8ccccc8ccc7c56)cc4)cc32)cc1. The van der Waals surface area contributed by atoms with Crippen LogP contribution in [0.5, 0.6) is 0 Å². The van der Waals surface area contributed by atoms with E-state index in [1.807, 2.05) is 0 Å². The van der Waals surface area contributed by atoms with Crippen LogP contribution < -0.4 is 4.90 Å². The second kappa shape index (κ2) is 16.7. The molecule has 0 aliphatic heterocycles. The summed E-state index contributed by atoms with van der Waals surface area (Å²) in [4.78, 5) is 2.42. The number of nitrogens with zero attached hydrogens (tertiary/aromatic N) is 2. The fourth-order valence-corrected chi connectivity index (χ4v) is 12.4. The zero-order valence-electron chi connectivity index (χ0n) is 40.4. The Morgan fingerprint density at radius 2 is 0.905 bits per heavy atom. The van der Waals surface area contributed by atoms with E-state index in [-0.39, 0.29) is 0 Å². The molecule has 0 radical (unpaired) electrons. The molecular formula is C71H46N2O. The van der Waals surface area contributed by atoms with Crippen LogP contribution in [0.25, 0.3) is 93.6 Å². The van der Waals surface area contributed by atoms with Crippen LogP contribution in [0.1, 0.15) is 22.3 Å². The first-order chi connectivity index (χ1) is 36.7. The van der Waals surface area contributed by atoms with Crippen LogP contribution in [0.4, 0.5) is 17.1 Å². The Morgan fingerprint density at radius 3 is 1.62 bits per heavy atom. The lowest BCUT2D eigenvalue weighted by Gasteiger charge is -2.35.